The van der Waals surface area contributed by atoms with Gasteiger partial charge in [-0.25, -0.2) is 0 Å². The maximum Gasteiger partial charge on any atom is 0.162 e. The minimum atomic E-state index is -0.327. The number of methoxy groups -OCH3 is 1. The molecule has 1 aromatic heterocycles. The molecule has 5 nitrogen and oxygen atoms in total. The van der Waals surface area contributed by atoms with Crippen LogP contribution in [0.25, 0.3) is 10.9 Å². The molecule has 0 unspecified atom stereocenters. The molecule has 0 saturated carbocycles. The van der Waals surface area contributed by atoms with Crippen LogP contribution in [-0.2, 0) is 20.9 Å². The zero-order valence-electron chi connectivity index (χ0n) is 23.0. The summed E-state index contributed by atoms with van der Waals surface area (Å²) in [6.07, 6.45) is 7.56. The van der Waals surface area contributed by atoms with E-state index in [4.69, 9.17) is 4.74 Å². The Hall–Kier alpha value is -2.92. The van der Waals surface area contributed by atoms with Gasteiger partial charge in [0.1, 0.15) is 0 Å². The van der Waals surface area contributed by atoms with E-state index in [1.165, 1.54) is 0 Å². The number of ketones is 2. The number of allylic oxidation sites excluding steroid dienone is 5. The van der Waals surface area contributed by atoms with Gasteiger partial charge in [0, 0.05) is 85.2 Å². The first kappa shape index (κ1) is 25.7. The summed E-state index contributed by atoms with van der Waals surface area (Å²) in [7, 11) is 1.72. The molecule has 5 rings (SSSR count). The Labute approximate surface area is 220 Å². The van der Waals surface area contributed by atoms with E-state index in [0.717, 1.165) is 64.8 Å². The molecule has 5 heteroatoms. The normalized spacial score (nSPS) is 21.5. The second kappa shape index (κ2) is 9.43. The number of benzene rings is 1. The lowest BCUT2D eigenvalue weighted by atomic mass is 9.63. The molecule has 0 amide bonds. The van der Waals surface area contributed by atoms with Gasteiger partial charge in [0.2, 0.25) is 0 Å². The minimum Gasteiger partial charge on any atom is -0.385 e. The predicted molar refractivity (Wildman–Crippen MR) is 148 cm³/mol. The number of carbonyl (C=O) groups excluding carboxylic acids is 2. The number of hydrogen-bond donors (Lipinski definition) is 0. The number of fused-ring (bicyclic) bond motifs is 1. The van der Waals surface area contributed by atoms with Crippen molar-refractivity contribution < 1.29 is 14.3 Å². The van der Waals surface area contributed by atoms with Crippen LogP contribution in [0.4, 0.5) is 0 Å². The molecular weight excluding hydrogens is 460 g/mol. The molecule has 2 aromatic rings. The van der Waals surface area contributed by atoms with Gasteiger partial charge in [0.05, 0.1) is 0 Å². The molecule has 196 valence electrons. The Morgan fingerprint density at radius 3 is 2.14 bits per heavy atom. The highest BCUT2D eigenvalue weighted by Crippen LogP contribution is 2.55. The largest absolute Gasteiger partial charge is 0.385 e. The molecule has 0 fully saturated rings. The van der Waals surface area contributed by atoms with Crippen LogP contribution >= 0.6 is 0 Å². The molecule has 2 heterocycles. The summed E-state index contributed by atoms with van der Waals surface area (Å²) in [5.74, 6) is 0.0299. The van der Waals surface area contributed by atoms with Gasteiger partial charge < -0.3 is 14.2 Å². The second-order valence-corrected chi connectivity index (χ2v) is 12.6. The fourth-order valence-electron chi connectivity index (χ4n) is 6.79. The SMILES string of the molecule is C=CCn1cc(C2C3=C(CC(C)(C)CC3=O)N(CCCOC)C3=C2C(=O)CC(C)(C)C3)c2ccccc21. The zero-order chi connectivity index (χ0) is 26.5. The van der Waals surface area contributed by atoms with E-state index in [-0.39, 0.29) is 28.3 Å². The lowest BCUT2D eigenvalue weighted by Crippen LogP contribution is -2.44. The van der Waals surface area contributed by atoms with E-state index in [1.54, 1.807) is 7.11 Å². The third kappa shape index (κ3) is 4.52. The number of rotatable bonds is 7. The third-order valence-electron chi connectivity index (χ3n) is 8.21. The number of aromatic nitrogens is 1. The lowest BCUT2D eigenvalue weighted by molar-refractivity contribution is -0.119. The van der Waals surface area contributed by atoms with E-state index < -0.39 is 0 Å². The van der Waals surface area contributed by atoms with Crippen molar-refractivity contribution in [2.45, 2.75) is 72.3 Å². The van der Waals surface area contributed by atoms with Gasteiger partial charge in [0.25, 0.3) is 0 Å². The van der Waals surface area contributed by atoms with Gasteiger partial charge in [-0.2, -0.15) is 0 Å². The van der Waals surface area contributed by atoms with Gasteiger partial charge in [-0.3, -0.25) is 9.59 Å². The summed E-state index contributed by atoms with van der Waals surface area (Å²) in [6, 6.07) is 8.34. The van der Waals surface area contributed by atoms with Crippen LogP contribution in [0.2, 0.25) is 0 Å². The summed E-state index contributed by atoms with van der Waals surface area (Å²) in [4.78, 5) is 30.4. The average Bonchev–Trinajstić information content (AvgIpc) is 3.16. The highest BCUT2D eigenvalue weighted by molar-refractivity contribution is 6.08. The number of ether oxygens (including phenoxy) is 1. The fraction of sp³-hybridized carbons (Fsp3) is 0.500. The lowest BCUT2D eigenvalue weighted by Gasteiger charge is -2.49. The monoisotopic (exact) mass is 500 g/mol. The Morgan fingerprint density at radius 1 is 0.973 bits per heavy atom. The Balaban J connectivity index is 1.79. The van der Waals surface area contributed by atoms with Crippen LogP contribution < -0.4 is 0 Å². The van der Waals surface area contributed by atoms with E-state index in [0.29, 0.717) is 26.0 Å². The molecule has 0 radical (unpaired) electrons. The molecule has 1 aliphatic heterocycles. The Bertz CT molecular complexity index is 1280. The van der Waals surface area contributed by atoms with E-state index in [9.17, 15) is 9.59 Å². The molecule has 3 aliphatic rings. The van der Waals surface area contributed by atoms with Crippen molar-refractivity contribution in [3.8, 4) is 0 Å². The van der Waals surface area contributed by atoms with E-state index in [1.807, 2.05) is 18.2 Å². The van der Waals surface area contributed by atoms with E-state index in [2.05, 4.69) is 62.1 Å². The van der Waals surface area contributed by atoms with Crippen molar-refractivity contribution in [3.05, 3.63) is 71.2 Å². The summed E-state index contributed by atoms with van der Waals surface area (Å²) < 4.78 is 7.58. The predicted octanol–water partition coefficient (Wildman–Crippen LogP) is 6.55. The zero-order valence-corrected chi connectivity index (χ0v) is 23.0. The topological polar surface area (TPSA) is 51.5 Å². The molecule has 1 aromatic carbocycles. The van der Waals surface area contributed by atoms with Crippen molar-refractivity contribution >= 4 is 22.5 Å². The van der Waals surface area contributed by atoms with Crippen molar-refractivity contribution in [1.29, 1.82) is 0 Å². The molecular formula is C32H40N2O3. The summed E-state index contributed by atoms with van der Waals surface area (Å²) >= 11 is 0. The molecule has 0 atom stereocenters. The molecule has 0 spiro atoms. The first-order valence-electron chi connectivity index (χ1n) is 13.5. The van der Waals surface area contributed by atoms with Crippen LogP contribution in [0.1, 0.15) is 71.3 Å². The van der Waals surface area contributed by atoms with Crippen LogP contribution in [0.5, 0.6) is 0 Å². The maximum atomic E-state index is 14.0. The van der Waals surface area contributed by atoms with Crippen LogP contribution in [-0.4, -0.2) is 41.3 Å². The number of hydrogen-bond acceptors (Lipinski definition) is 4. The van der Waals surface area contributed by atoms with Crippen LogP contribution in [0.15, 0.2) is 65.7 Å². The summed E-state index contributed by atoms with van der Waals surface area (Å²) in [6.45, 7) is 14.8. The first-order valence-corrected chi connectivity index (χ1v) is 13.5. The molecule has 37 heavy (non-hydrogen) atoms. The van der Waals surface area contributed by atoms with Crippen molar-refractivity contribution in [2.24, 2.45) is 10.8 Å². The highest BCUT2D eigenvalue weighted by Gasteiger charge is 2.49. The van der Waals surface area contributed by atoms with Crippen LogP contribution in [0, 0.1) is 10.8 Å². The second-order valence-electron chi connectivity index (χ2n) is 12.6. The highest BCUT2D eigenvalue weighted by atomic mass is 16.5. The maximum absolute atomic E-state index is 14.0. The summed E-state index contributed by atoms with van der Waals surface area (Å²) in [5, 5.41) is 1.11. The summed E-state index contributed by atoms with van der Waals surface area (Å²) in [5.41, 5.74) is 5.84. The quantitative estimate of drug-likeness (QED) is 0.320. The Morgan fingerprint density at radius 2 is 1.57 bits per heavy atom. The fourth-order valence-corrected chi connectivity index (χ4v) is 6.79. The van der Waals surface area contributed by atoms with Crippen LogP contribution in [0.3, 0.4) is 0 Å². The Kier molecular flexibility index (Phi) is 6.56. The average molecular weight is 501 g/mol. The molecule has 2 aliphatic carbocycles. The van der Waals surface area contributed by atoms with Gasteiger partial charge >= 0.3 is 0 Å². The number of Topliss-reactive ketones (excluding diaryl/α,β-unsaturated/α-hetero) is 2. The third-order valence-corrected chi connectivity index (χ3v) is 8.21. The van der Waals surface area contributed by atoms with E-state index >= 15 is 0 Å². The molecule has 0 N–H and O–H groups in total. The van der Waals surface area contributed by atoms with Gasteiger partial charge in [0.15, 0.2) is 11.6 Å². The van der Waals surface area contributed by atoms with Gasteiger partial charge in [-0.1, -0.05) is 52.0 Å². The number of para-hydroxylation sites is 1. The van der Waals surface area contributed by atoms with Crippen molar-refractivity contribution in [1.82, 2.24) is 9.47 Å². The van der Waals surface area contributed by atoms with Crippen molar-refractivity contribution in [2.75, 3.05) is 20.3 Å². The van der Waals surface area contributed by atoms with Gasteiger partial charge in [-0.15, -0.1) is 6.58 Å². The number of nitrogens with zero attached hydrogens (tertiary/aromatic N) is 2. The number of carbonyl (C=O) groups is 2. The molecule has 0 bridgehead atoms. The molecule has 0 saturated heterocycles. The van der Waals surface area contributed by atoms with Gasteiger partial charge in [-0.05, 0) is 41.7 Å². The smallest absolute Gasteiger partial charge is 0.162 e. The first-order chi connectivity index (χ1) is 17.6. The van der Waals surface area contributed by atoms with Crippen molar-refractivity contribution in [3.63, 3.8) is 0 Å². The standard InChI is InChI=1S/C32H40N2O3/c1-7-13-33-20-22(21-11-8-9-12-23(21)33)28-29-24(16-31(2,3)18-26(29)35)34(14-10-15-37-6)25-17-32(4,5)19-27(36)30(25)28/h7-9,11-12,20,28H,1,10,13-19H2,2-6H3. The minimum absolute atomic E-state index is 0.122.